The van der Waals surface area contributed by atoms with Crippen molar-refractivity contribution in [1.29, 1.82) is 5.41 Å². The maximum absolute atomic E-state index is 6.98. The predicted octanol–water partition coefficient (Wildman–Crippen LogP) is 0.531. The predicted molar refractivity (Wildman–Crippen MR) is 48.4 cm³/mol. The SMILES string of the molecule is Cc1nc(SCCC(=N)N)n[nH]1. The highest BCUT2D eigenvalue weighted by molar-refractivity contribution is 7.99. The Morgan fingerprint density at radius 1 is 1.75 bits per heavy atom. The minimum Gasteiger partial charge on any atom is -0.388 e. The molecule has 1 rings (SSSR count). The molecule has 0 saturated carbocycles. The molecule has 0 aromatic carbocycles. The molecule has 6 heteroatoms. The van der Waals surface area contributed by atoms with Gasteiger partial charge < -0.3 is 5.73 Å². The maximum Gasteiger partial charge on any atom is 0.208 e. The second kappa shape index (κ2) is 4.10. The highest BCUT2D eigenvalue weighted by atomic mass is 32.2. The first-order valence-corrected chi connectivity index (χ1v) is 4.52. The third-order valence-electron chi connectivity index (χ3n) is 1.18. The molecular formula is C6H11N5S. The number of nitrogens with two attached hydrogens (primary N) is 1. The van der Waals surface area contributed by atoms with E-state index in [0.29, 0.717) is 11.6 Å². The van der Waals surface area contributed by atoms with E-state index in [4.69, 9.17) is 11.1 Å². The van der Waals surface area contributed by atoms with Crippen LogP contribution in [0.3, 0.4) is 0 Å². The minimum absolute atomic E-state index is 0.203. The lowest BCUT2D eigenvalue weighted by molar-refractivity contribution is 0.968. The first kappa shape index (κ1) is 9.05. The zero-order valence-electron chi connectivity index (χ0n) is 6.79. The van der Waals surface area contributed by atoms with Crippen molar-refractivity contribution < 1.29 is 0 Å². The van der Waals surface area contributed by atoms with Crippen molar-refractivity contribution in [3.8, 4) is 0 Å². The highest BCUT2D eigenvalue weighted by Gasteiger charge is 1.99. The summed E-state index contributed by atoms with van der Waals surface area (Å²) in [7, 11) is 0. The maximum atomic E-state index is 6.98. The third-order valence-corrected chi connectivity index (χ3v) is 2.03. The van der Waals surface area contributed by atoms with Gasteiger partial charge in [0, 0.05) is 12.2 Å². The number of rotatable bonds is 4. The number of nitrogens with one attached hydrogen (secondary N) is 2. The molecule has 0 unspecified atom stereocenters. The standard InChI is InChI=1S/C6H11N5S/c1-4-9-6(11-10-4)12-3-2-5(7)8/h2-3H2,1H3,(H3,7,8)(H,9,10,11). The third kappa shape index (κ3) is 2.91. The van der Waals surface area contributed by atoms with E-state index in [-0.39, 0.29) is 5.84 Å². The Morgan fingerprint density at radius 2 is 2.50 bits per heavy atom. The molecule has 1 aromatic rings. The molecule has 0 radical (unpaired) electrons. The fraction of sp³-hybridized carbons (Fsp3) is 0.500. The smallest absolute Gasteiger partial charge is 0.208 e. The van der Waals surface area contributed by atoms with Crippen LogP contribution < -0.4 is 5.73 Å². The largest absolute Gasteiger partial charge is 0.388 e. The van der Waals surface area contributed by atoms with E-state index in [9.17, 15) is 0 Å². The van der Waals surface area contributed by atoms with Gasteiger partial charge in [-0.2, -0.15) is 0 Å². The van der Waals surface area contributed by atoms with Crippen LogP contribution in [0.25, 0.3) is 0 Å². The number of amidine groups is 1. The lowest BCUT2D eigenvalue weighted by Crippen LogP contribution is -2.09. The van der Waals surface area contributed by atoms with Gasteiger partial charge >= 0.3 is 0 Å². The molecule has 0 spiro atoms. The quantitative estimate of drug-likeness (QED) is 0.362. The summed E-state index contributed by atoms with van der Waals surface area (Å²) in [5.74, 6) is 1.77. The lowest BCUT2D eigenvalue weighted by Gasteiger charge is -1.93. The van der Waals surface area contributed by atoms with Crippen LogP contribution in [0.5, 0.6) is 0 Å². The molecular weight excluding hydrogens is 174 g/mol. The summed E-state index contributed by atoms with van der Waals surface area (Å²) in [6.07, 6.45) is 0.582. The van der Waals surface area contributed by atoms with Crippen molar-refractivity contribution in [3.05, 3.63) is 5.82 Å². The van der Waals surface area contributed by atoms with Crippen LogP contribution in [0, 0.1) is 12.3 Å². The van der Waals surface area contributed by atoms with Crippen LogP contribution in [-0.2, 0) is 0 Å². The van der Waals surface area contributed by atoms with Gasteiger partial charge in [-0.15, -0.1) is 5.10 Å². The summed E-state index contributed by atoms with van der Waals surface area (Å²) in [6, 6.07) is 0. The summed E-state index contributed by atoms with van der Waals surface area (Å²) in [6.45, 7) is 1.85. The van der Waals surface area contributed by atoms with E-state index in [1.54, 1.807) is 0 Å². The van der Waals surface area contributed by atoms with Crippen molar-refractivity contribution in [2.75, 3.05) is 5.75 Å². The van der Waals surface area contributed by atoms with Crippen molar-refractivity contribution in [2.24, 2.45) is 5.73 Å². The van der Waals surface area contributed by atoms with E-state index in [2.05, 4.69) is 15.2 Å². The van der Waals surface area contributed by atoms with Crippen LogP contribution >= 0.6 is 11.8 Å². The summed E-state index contributed by atoms with van der Waals surface area (Å²) < 4.78 is 0. The number of thioether (sulfide) groups is 1. The molecule has 0 amide bonds. The van der Waals surface area contributed by atoms with Gasteiger partial charge in [0.15, 0.2) is 0 Å². The fourth-order valence-electron chi connectivity index (χ4n) is 0.639. The molecule has 1 aromatic heterocycles. The monoisotopic (exact) mass is 185 g/mol. The number of aromatic nitrogens is 3. The minimum atomic E-state index is 0.203. The molecule has 0 saturated heterocycles. The van der Waals surface area contributed by atoms with E-state index in [1.807, 2.05) is 6.92 Å². The Morgan fingerprint density at radius 3 is 3.00 bits per heavy atom. The molecule has 0 aliphatic rings. The molecule has 1 heterocycles. The van der Waals surface area contributed by atoms with Crippen molar-refractivity contribution in [1.82, 2.24) is 15.2 Å². The van der Waals surface area contributed by atoms with Crippen LogP contribution in [0.4, 0.5) is 0 Å². The molecule has 5 nitrogen and oxygen atoms in total. The van der Waals surface area contributed by atoms with Crippen molar-refractivity contribution in [3.63, 3.8) is 0 Å². The second-order valence-electron chi connectivity index (χ2n) is 2.33. The van der Waals surface area contributed by atoms with Gasteiger partial charge in [-0.3, -0.25) is 10.5 Å². The number of aryl methyl sites for hydroxylation is 1. The zero-order chi connectivity index (χ0) is 8.97. The van der Waals surface area contributed by atoms with Gasteiger partial charge in [0.25, 0.3) is 0 Å². The van der Waals surface area contributed by atoms with Crippen LogP contribution in [-0.4, -0.2) is 26.8 Å². The van der Waals surface area contributed by atoms with E-state index < -0.39 is 0 Å². The summed E-state index contributed by atoms with van der Waals surface area (Å²) in [4.78, 5) is 4.09. The van der Waals surface area contributed by atoms with E-state index >= 15 is 0 Å². The van der Waals surface area contributed by atoms with E-state index in [1.165, 1.54) is 11.8 Å². The Kier molecular flexibility index (Phi) is 3.09. The topological polar surface area (TPSA) is 91.4 Å². The fourth-order valence-corrected chi connectivity index (χ4v) is 1.46. The first-order valence-electron chi connectivity index (χ1n) is 3.53. The molecule has 0 atom stereocenters. The van der Waals surface area contributed by atoms with Gasteiger partial charge in [-0.05, 0) is 6.92 Å². The van der Waals surface area contributed by atoms with Crippen LogP contribution in [0.2, 0.25) is 0 Å². The molecule has 66 valence electrons. The molecule has 0 fully saturated rings. The number of H-pyrrole nitrogens is 1. The second-order valence-corrected chi connectivity index (χ2v) is 3.39. The van der Waals surface area contributed by atoms with Crippen LogP contribution in [0.15, 0.2) is 5.16 Å². The zero-order valence-corrected chi connectivity index (χ0v) is 7.61. The molecule has 0 aliphatic carbocycles. The number of nitrogens with zero attached hydrogens (tertiary/aromatic N) is 2. The van der Waals surface area contributed by atoms with Gasteiger partial charge in [0.2, 0.25) is 5.16 Å². The lowest BCUT2D eigenvalue weighted by atomic mass is 10.5. The highest BCUT2D eigenvalue weighted by Crippen LogP contribution is 2.12. The number of hydrogen-bond donors (Lipinski definition) is 3. The van der Waals surface area contributed by atoms with Gasteiger partial charge in [-0.1, -0.05) is 11.8 Å². The van der Waals surface area contributed by atoms with Gasteiger partial charge in [0.05, 0.1) is 5.84 Å². The summed E-state index contributed by atoms with van der Waals surface area (Å²) in [5.41, 5.74) is 5.18. The summed E-state index contributed by atoms with van der Waals surface area (Å²) in [5, 5.41) is 14.4. The molecule has 0 bridgehead atoms. The summed E-state index contributed by atoms with van der Waals surface area (Å²) >= 11 is 1.50. The molecule has 4 N–H and O–H groups in total. The average Bonchev–Trinajstić information content (AvgIpc) is 2.35. The molecule has 0 aliphatic heterocycles. The average molecular weight is 185 g/mol. The Balaban J connectivity index is 2.29. The van der Waals surface area contributed by atoms with Gasteiger partial charge in [0.1, 0.15) is 5.82 Å². The van der Waals surface area contributed by atoms with Gasteiger partial charge in [-0.25, -0.2) is 4.98 Å². The van der Waals surface area contributed by atoms with Crippen molar-refractivity contribution >= 4 is 17.6 Å². The van der Waals surface area contributed by atoms with Crippen molar-refractivity contribution in [2.45, 2.75) is 18.5 Å². The van der Waals surface area contributed by atoms with E-state index in [0.717, 1.165) is 11.6 Å². The number of aromatic amines is 1. The Hall–Kier alpha value is -1.04. The first-order chi connectivity index (χ1) is 5.68. The normalized spacial score (nSPS) is 10.1. The van der Waals surface area contributed by atoms with Crippen LogP contribution in [0.1, 0.15) is 12.2 Å². The Bertz CT molecular complexity index is 269. The molecule has 12 heavy (non-hydrogen) atoms. The number of hydrogen-bond acceptors (Lipinski definition) is 4. The Labute approximate surface area is 74.7 Å².